The molecule has 1 aromatic heterocycles. The zero-order valence-corrected chi connectivity index (χ0v) is 11.4. The molecule has 2 rings (SSSR count). The highest BCUT2D eigenvalue weighted by Gasteiger charge is 2.37. The number of benzene rings is 1. The second kappa shape index (κ2) is 6.28. The average molecular weight is 318 g/mol. The van der Waals surface area contributed by atoms with E-state index in [-0.39, 0.29) is 16.8 Å². The molecule has 1 heterocycles. The molecule has 0 aliphatic carbocycles. The Morgan fingerprint density at radius 1 is 1.19 bits per heavy atom. The van der Waals surface area contributed by atoms with Crippen LogP contribution in [0.5, 0.6) is 0 Å². The smallest absolute Gasteiger partial charge is 0.382 e. The van der Waals surface area contributed by atoms with Crippen LogP contribution in [0.2, 0.25) is 5.15 Å². The molecule has 21 heavy (non-hydrogen) atoms. The van der Waals surface area contributed by atoms with E-state index >= 15 is 0 Å². The molecule has 0 amide bonds. The van der Waals surface area contributed by atoms with Crippen LogP contribution in [0.25, 0.3) is 11.4 Å². The van der Waals surface area contributed by atoms with Crippen LogP contribution < -0.4 is 5.32 Å². The van der Waals surface area contributed by atoms with Gasteiger partial charge in [0.2, 0.25) is 0 Å². The van der Waals surface area contributed by atoms with E-state index < -0.39 is 18.8 Å². The summed E-state index contributed by atoms with van der Waals surface area (Å²) < 4.78 is 36.7. The van der Waals surface area contributed by atoms with Crippen LogP contribution in [0.15, 0.2) is 36.4 Å². The Balaban J connectivity index is 2.17. The average Bonchev–Trinajstić information content (AvgIpc) is 2.44. The Morgan fingerprint density at radius 3 is 2.48 bits per heavy atom. The van der Waals surface area contributed by atoms with Gasteiger partial charge in [-0.05, 0) is 0 Å². The molecule has 0 saturated carbocycles. The van der Waals surface area contributed by atoms with Crippen molar-refractivity contribution in [3.8, 4) is 11.4 Å². The lowest BCUT2D eigenvalue weighted by molar-refractivity contribution is -0.198. The van der Waals surface area contributed by atoms with Crippen molar-refractivity contribution in [3.05, 3.63) is 41.6 Å². The third-order valence-corrected chi connectivity index (χ3v) is 2.77. The maximum Gasteiger partial charge on any atom is 0.416 e. The predicted octanol–water partition coefficient (Wildman–Crippen LogP) is 3.13. The minimum Gasteiger partial charge on any atom is -0.382 e. The normalized spacial score (nSPS) is 13.0. The van der Waals surface area contributed by atoms with Crippen molar-refractivity contribution in [2.45, 2.75) is 12.3 Å². The van der Waals surface area contributed by atoms with Crippen LogP contribution in [-0.2, 0) is 0 Å². The van der Waals surface area contributed by atoms with Crippen LogP contribution in [0.1, 0.15) is 0 Å². The number of aliphatic hydroxyl groups is 1. The van der Waals surface area contributed by atoms with E-state index in [1.165, 1.54) is 6.07 Å². The van der Waals surface area contributed by atoms with Crippen molar-refractivity contribution >= 4 is 17.4 Å². The van der Waals surface area contributed by atoms with Gasteiger partial charge < -0.3 is 10.4 Å². The number of hydrogen-bond donors (Lipinski definition) is 2. The van der Waals surface area contributed by atoms with Gasteiger partial charge in [0.25, 0.3) is 0 Å². The van der Waals surface area contributed by atoms with E-state index in [4.69, 9.17) is 16.7 Å². The molecule has 4 nitrogen and oxygen atoms in total. The van der Waals surface area contributed by atoms with E-state index in [1.807, 2.05) is 6.07 Å². The van der Waals surface area contributed by atoms with Gasteiger partial charge in [-0.1, -0.05) is 41.9 Å². The van der Waals surface area contributed by atoms with Crippen molar-refractivity contribution in [3.63, 3.8) is 0 Å². The Morgan fingerprint density at radius 2 is 1.86 bits per heavy atom. The molecular weight excluding hydrogens is 307 g/mol. The number of aromatic nitrogens is 2. The van der Waals surface area contributed by atoms with Crippen LogP contribution >= 0.6 is 11.6 Å². The first-order chi connectivity index (χ1) is 9.86. The molecule has 0 spiro atoms. The predicted molar refractivity (Wildman–Crippen MR) is 73.0 cm³/mol. The molecule has 2 aromatic rings. The van der Waals surface area contributed by atoms with E-state index in [9.17, 15) is 13.2 Å². The summed E-state index contributed by atoms with van der Waals surface area (Å²) in [7, 11) is 0. The van der Waals surface area contributed by atoms with Crippen molar-refractivity contribution in [2.75, 3.05) is 11.9 Å². The minimum atomic E-state index is -4.69. The third-order valence-electron chi connectivity index (χ3n) is 2.58. The molecule has 0 radical (unpaired) electrons. The van der Waals surface area contributed by atoms with Gasteiger partial charge in [0, 0.05) is 11.6 Å². The molecule has 0 aliphatic rings. The summed E-state index contributed by atoms with van der Waals surface area (Å²) in [5.41, 5.74) is 0.680. The van der Waals surface area contributed by atoms with E-state index in [0.29, 0.717) is 5.56 Å². The highest BCUT2D eigenvalue weighted by atomic mass is 35.5. The number of aliphatic hydroxyl groups excluding tert-OH is 1. The fraction of sp³-hybridized carbons (Fsp3) is 0.231. The molecular formula is C13H11ClF3N3O. The lowest BCUT2D eigenvalue weighted by Gasteiger charge is -2.15. The Labute approximate surface area is 123 Å². The lowest BCUT2D eigenvalue weighted by Crippen LogP contribution is -2.35. The van der Waals surface area contributed by atoms with Gasteiger partial charge in [0.15, 0.2) is 11.9 Å². The van der Waals surface area contributed by atoms with Gasteiger partial charge in [-0.25, -0.2) is 9.97 Å². The van der Waals surface area contributed by atoms with Gasteiger partial charge in [0.05, 0.1) is 6.54 Å². The number of anilines is 1. The van der Waals surface area contributed by atoms with Crippen molar-refractivity contribution < 1.29 is 18.3 Å². The van der Waals surface area contributed by atoms with E-state index in [1.54, 1.807) is 24.3 Å². The number of nitrogens with one attached hydrogen (secondary N) is 1. The van der Waals surface area contributed by atoms with Crippen LogP contribution in [-0.4, -0.2) is 33.9 Å². The van der Waals surface area contributed by atoms with Gasteiger partial charge in [0.1, 0.15) is 11.0 Å². The fourth-order valence-corrected chi connectivity index (χ4v) is 1.72. The highest BCUT2D eigenvalue weighted by Crippen LogP contribution is 2.22. The van der Waals surface area contributed by atoms with Gasteiger partial charge >= 0.3 is 6.18 Å². The number of hydrogen-bond acceptors (Lipinski definition) is 4. The maximum atomic E-state index is 12.2. The van der Waals surface area contributed by atoms with E-state index in [0.717, 1.165) is 0 Å². The summed E-state index contributed by atoms with van der Waals surface area (Å²) in [6.45, 7) is -0.717. The molecule has 8 heteroatoms. The largest absolute Gasteiger partial charge is 0.416 e. The van der Waals surface area contributed by atoms with Crippen LogP contribution in [0, 0.1) is 0 Å². The minimum absolute atomic E-state index is 0.0906. The van der Waals surface area contributed by atoms with Gasteiger partial charge in [-0.2, -0.15) is 13.2 Å². The Kier molecular flexibility index (Phi) is 4.64. The van der Waals surface area contributed by atoms with Gasteiger partial charge in [-0.15, -0.1) is 0 Å². The Hall–Kier alpha value is -1.86. The SMILES string of the molecule is OC(CNc1cc(Cl)nc(-c2ccccc2)n1)C(F)(F)F. The third kappa shape index (κ3) is 4.30. The first-order valence-electron chi connectivity index (χ1n) is 5.95. The first-order valence-corrected chi connectivity index (χ1v) is 6.33. The standard InChI is InChI=1S/C13H11ClF3N3O/c14-10-6-11(18-7-9(21)13(15,16)17)20-12(19-10)8-4-2-1-3-5-8/h1-6,9,21H,7H2,(H,18,19,20). The number of rotatable bonds is 4. The zero-order valence-electron chi connectivity index (χ0n) is 10.6. The van der Waals surface area contributed by atoms with Crippen molar-refractivity contribution in [1.29, 1.82) is 0 Å². The van der Waals surface area contributed by atoms with Crippen molar-refractivity contribution in [2.24, 2.45) is 0 Å². The monoisotopic (exact) mass is 317 g/mol. The molecule has 1 unspecified atom stereocenters. The molecule has 2 N–H and O–H groups in total. The van der Waals surface area contributed by atoms with Gasteiger partial charge in [-0.3, -0.25) is 0 Å². The van der Waals surface area contributed by atoms with Crippen LogP contribution in [0.3, 0.4) is 0 Å². The Bertz CT molecular complexity index is 607. The van der Waals surface area contributed by atoms with Crippen molar-refractivity contribution in [1.82, 2.24) is 9.97 Å². The topological polar surface area (TPSA) is 58.0 Å². The van der Waals surface area contributed by atoms with E-state index in [2.05, 4.69) is 15.3 Å². The summed E-state index contributed by atoms with van der Waals surface area (Å²) in [5.74, 6) is 0.393. The lowest BCUT2D eigenvalue weighted by atomic mass is 10.2. The number of alkyl halides is 3. The summed E-state index contributed by atoms with van der Waals surface area (Å²) in [4.78, 5) is 8.08. The maximum absolute atomic E-state index is 12.2. The molecule has 1 atom stereocenters. The zero-order chi connectivity index (χ0) is 15.5. The second-order valence-electron chi connectivity index (χ2n) is 4.20. The molecule has 0 fully saturated rings. The molecule has 0 bridgehead atoms. The first kappa shape index (κ1) is 15.5. The quantitative estimate of drug-likeness (QED) is 0.851. The summed E-state index contributed by atoms with van der Waals surface area (Å²) >= 11 is 5.83. The second-order valence-corrected chi connectivity index (χ2v) is 4.59. The summed E-state index contributed by atoms with van der Waals surface area (Å²) in [5, 5.41) is 11.4. The molecule has 1 aromatic carbocycles. The summed E-state index contributed by atoms with van der Waals surface area (Å²) in [6.07, 6.45) is -7.17. The van der Waals surface area contributed by atoms with Crippen LogP contribution in [0.4, 0.5) is 19.0 Å². The molecule has 112 valence electrons. The fourth-order valence-electron chi connectivity index (χ4n) is 1.54. The number of nitrogens with zero attached hydrogens (tertiary/aromatic N) is 2. The summed E-state index contributed by atoms with van der Waals surface area (Å²) in [6, 6.07) is 10.2. The molecule has 0 saturated heterocycles. The highest BCUT2D eigenvalue weighted by molar-refractivity contribution is 6.29. The number of halogens is 4. The molecule has 0 aliphatic heterocycles.